The fourth-order valence-electron chi connectivity index (χ4n) is 4.24. The van der Waals surface area contributed by atoms with Crippen LogP contribution in [0.1, 0.15) is 56.9 Å². The molecule has 116 valence electrons. The minimum atomic E-state index is 0.0619. The highest BCUT2D eigenvalue weighted by Gasteiger charge is 2.43. The molecular formula is C18H27ClN2. The SMILES string of the molecule is Cc1ccc(NC2(CN)CCC3(CCCC3)CC2)cc1Cl. The molecule has 0 aliphatic heterocycles. The number of rotatable bonds is 3. The van der Waals surface area contributed by atoms with E-state index in [9.17, 15) is 0 Å². The number of aryl methyl sites for hydroxylation is 1. The maximum absolute atomic E-state index is 6.25. The third-order valence-corrected chi connectivity index (χ3v) is 6.31. The smallest absolute Gasteiger partial charge is 0.0496 e. The van der Waals surface area contributed by atoms with Crippen molar-refractivity contribution in [2.75, 3.05) is 11.9 Å². The van der Waals surface area contributed by atoms with E-state index < -0.39 is 0 Å². The lowest BCUT2D eigenvalue weighted by molar-refractivity contribution is 0.148. The van der Waals surface area contributed by atoms with Crippen LogP contribution in [0.25, 0.3) is 0 Å². The lowest BCUT2D eigenvalue weighted by Gasteiger charge is -2.45. The van der Waals surface area contributed by atoms with Gasteiger partial charge in [0.2, 0.25) is 0 Å². The van der Waals surface area contributed by atoms with Crippen LogP contribution >= 0.6 is 11.6 Å². The van der Waals surface area contributed by atoms with Crippen molar-refractivity contribution >= 4 is 17.3 Å². The van der Waals surface area contributed by atoms with E-state index in [2.05, 4.69) is 17.4 Å². The van der Waals surface area contributed by atoms with E-state index in [1.54, 1.807) is 0 Å². The molecule has 2 fully saturated rings. The number of nitrogens with two attached hydrogens (primary N) is 1. The summed E-state index contributed by atoms with van der Waals surface area (Å²) in [6.45, 7) is 2.74. The lowest BCUT2D eigenvalue weighted by atomic mass is 9.66. The van der Waals surface area contributed by atoms with E-state index in [0.29, 0.717) is 12.0 Å². The number of halogens is 1. The predicted octanol–water partition coefficient (Wildman–Crippen LogP) is 4.89. The first-order valence-corrected chi connectivity index (χ1v) is 8.69. The summed E-state index contributed by atoms with van der Waals surface area (Å²) in [5.74, 6) is 0. The van der Waals surface area contributed by atoms with E-state index in [1.165, 1.54) is 51.4 Å². The van der Waals surface area contributed by atoms with Crippen molar-refractivity contribution in [1.82, 2.24) is 0 Å². The van der Waals surface area contributed by atoms with E-state index in [0.717, 1.165) is 16.3 Å². The highest BCUT2D eigenvalue weighted by Crippen LogP contribution is 2.51. The summed E-state index contributed by atoms with van der Waals surface area (Å²) in [7, 11) is 0. The second kappa shape index (κ2) is 5.81. The van der Waals surface area contributed by atoms with Gasteiger partial charge in [-0.15, -0.1) is 0 Å². The number of hydrogen-bond acceptors (Lipinski definition) is 2. The average Bonchev–Trinajstić information content (AvgIpc) is 2.95. The maximum Gasteiger partial charge on any atom is 0.0496 e. The molecule has 0 radical (unpaired) electrons. The first-order chi connectivity index (χ1) is 10.1. The Morgan fingerprint density at radius 1 is 1.10 bits per heavy atom. The molecule has 2 nitrogen and oxygen atoms in total. The highest BCUT2D eigenvalue weighted by atomic mass is 35.5. The number of hydrogen-bond donors (Lipinski definition) is 2. The number of nitrogens with one attached hydrogen (secondary N) is 1. The van der Waals surface area contributed by atoms with Crippen molar-refractivity contribution in [3.05, 3.63) is 28.8 Å². The van der Waals surface area contributed by atoms with Gasteiger partial charge >= 0.3 is 0 Å². The van der Waals surface area contributed by atoms with Crippen molar-refractivity contribution in [3.8, 4) is 0 Å². The zero-order valence-electron chi connectivity index (χ0n) is 13.1. The topological polar surface area (TPSA) is 38.0 Å². The van der Waals surface area contributed by atoms with Gasteiger partial charge in [0.25, 0.3) is 0 Å². The molecule has 2 saturated carbocycles. The fraction of sp³-hybridized carbons (Fsp3) is 0.667. The van der Waals surface area contributed by atoms with Crippen molar-refractivity contribution in [1.29, 1.82) is 0 Å². The van der Waals surface area contributed by atoms with Crippen molar-refractivity contribution in [3.63, 3.8) is 0 Å². The molecule has 0 atom stereocenters. The fourth-order valence-corrected chi connectivity index (χ4v) is 4.42. The van der Waals surface area contributed by atoms with Gasteiger partial charge in [0, 0.05) is 22.8 Å². The summed E-state index contributed by atoms with van der Waals surface area (Å²) in [5.41, 5.74) is 9.08. The van der Waals surface area contributed by atoms with Crippen LogP contribution in [0.5, 0.6) is 0 Å². The Labute approximate surface area is 133 Å². The van der Waals surface area contributed by atoms with Gasteiger partial charge < -0.3 is 11.1 Å². The molecule has 3 rings (SSSR count). The largest absolute Gasteiger partial charge is 0.378 e. The molecule has 0 heterocycles. The second-order valence-electron chi connectivity index (χ2n) is 7.28. The Kier molecular flexibility index (Phi) is 4.20. The van der Waals surface area contributed by atoms with Gasteiger partial charge in [-0.25, -0.2) is 0 Å². The van der Waals surface area contributed by atoms with Gasteiger partial charge in [0.15, 0.2) is 0 Å². The van der Waals surface area contributed by atoms with Gasteiger partial charge in [-0.05, 0) is 68.6 Å². The van der Waals surface area contributed by atoms with Gasteiger partial charge in [0.05, 0.1) is 0 Å². The molecule has 0 unspecified atom stereocenters. The van der Waals surface area contributed by atoms with E-state index in [4.69, 9.17) is 17.3 Å². The lowest BCUT2D eigenvalue weighted by Crippen LogP contribution is -2.50. The minimum Gasteiger partial charge on any atom is -0.378 e. The van der Waals surface area contributed by atoms with E-state index >= 15 is 0 Å². The summed E-state index contributed by atoms with van der Waals surface area (Å²) < 4.78 is 0. The van der Waals surface area contributed by atoms with Gasteiger partial charge in [-0.2, -0.15) is 0 Å². The molecule has 1 aromatic carbocycles. The Hall–Kier alpha value is -0.730. The van der Waals surface area contributed by atoms with Crippen LogP contribution in [0.4, 0.5) is 5.69 Å². The quantitative estimate of drug-likeness (QED) is 0.834. The maximum atomic E-state index is 6.25. The molecule has 2 aliphatic rings. The van der Waals surface area contributed by atoms with Gasteiger partial charge in [-0.1, -0.05) is 30.5 Å². The van der Waals surface area contributed by atoms with Gasteiger partial charge in [0.1, 0.15) is 0 Å². The molecule has 21 heavy (non-hydrogen) atoms. The molecule has 2 aliphatic carbocycles. The Morgan fingerprint density at radius 2 is 1.76 bits per heavy atom. The van der Waals surface area contributed by atoms with Crippen LogP contribution in [0.3, 0.4) is 0 Å². The Morgan fingerprint density at radius 3 is 2.33 bits per heavy atom. The molecule has 0 aromatic heterocycles. The number of anilines is 1. The molecular weight excluding hydrogens is 280 g/mol. The molecule has 1 spiro atoms. The third kappa shape index (κ3) is 3.07. The molecule has 0 amide bonds. The average molecular weight is 307 g/mol. The molecule has 0 bridgehead atoms. The highest BCUT2D eigenvalue weighted by molar-refractivity contribution is 6.31. The van der Waals surface area contributed by atoms with Crippen LogP contribution in [-0.2, 0) is 0 Å². The standard InChI is InChI=1S/C18H27ClN2/c1-14-4-5-15(12-16(14)19)21-18(13-20)10-8-17(9-11-18)6-2-3-7-17/h4-5,12,21H,2-3,6-11,13,20H2,1H3. The van der Waals surface area contributed by atoms with Crippen LogP contribution < -0.4 is 11.1 Å². The Balaban J connectivity index is 1.71. The summed E-state index contributed by atoms with van der Waals surface area (Å²) in [6, 6.07) is 6.24. The minimum absolute atomic E-state index is 0.0619. The molecule has 3 heteroatoms. The first-order valence-electron chi connectivity index (χ1n) is 8.31. The number of benzene rings is 1. The summed E-state index contributed by atoms with van der Waals surface area (Å²) >= 11 is 6.25. The zero-order valence-corrected chi connectivity index (χ0v) is 13.8. The van der Waals surface area contributed by atoms with E-state index in [1.807, 2.05) is 13.0 Å². The molecule has 0 saturated heterocycles. The second-order valence-corrected chi connectivity index (χ2v) is 7.69. The normalized spacial score (nSPS) is 23.4. The van der Waals surface area contributed by atoms with Crippen LogP contribution in [0.15, 0.2) is 18.2 Å². The van der Waals surface area contributed by atoms with Crippen LogP contribution in [0, 0.1) is 12.3 Å². The van der Waals surface area contributed by atoms with Crippen molar-refractivity contribution in [2.24, 2.45) is 11.1 Å². The first kappa shape index (κ1) is 15.2. The van der Waals surface area contributed by atoms with Gasteiger partial charge in [-0.3, -0.25) is 0 Å². The van der Waals surface area contributed by atoms with Crippen molar-refractivity contribution in [2.45, 2.75) is 63.8 Å². The predicted molar refractivity (Wildman–Crippen MR) is 91.0 cm³/mol. The summed E-state index contributed by atoms with van der Waals surface area (Å²) in [6.07, 6.45) is 10.8. The Bertz CT molecular complexity index is 496. The van der Waals surface area contributed by atoms with Crippen LogP contribution in [0.2, 0.25) is 5.02 Å². The monoisotopic (exact) mass is 306 g/mol. The summed E-state index contributed by atoms with van der Waals surface area (Å²) in [4.78, 5) is 0. The van der Waals surface area contributed by atoms with Crippen LogP contribution in [-0.4, -0.2) is 12.1 Å². The third-order valence-electron chi connectivity index (χ3n) is 5.90. The van der Waals surface area contributed by atoms with E-state index in [-0.39, 0.29) is 5.54 Å². The molecule has 1 aromatic rings. The van der Waals surface area contributed by atoms with Crippen molar-refractivity contribution < 1.29 is 0 Å². The summed E-state index contributed by atoms with van der Waals surface area (Å²) in [5, 5.41) is 4.54. The molecule has 3 N–H and O–H groups in total. The zero-order chi connectivity index (χ0) is 14.9.